The van der Waals surface area contributed by atoms with Gasteiger partial charge in [-0.25, -0.2) is 0 Å². The summed E-state index contributed by atoms with van der Waals surface area (Å²) < 4.78 is 5.94. The fourth-order valence-electron chi connectivity index (χ4n) is 3.37. The molecule has 0 bridgehead atoms. The largest absolute Gasteiger partial charge is 0.421 e. The molecule has 0 saturated carbocycles. The first-order chi connectivity index (χ1) is 10.7. The van der Waals surface area contributed by atoms with E-state index in [2.05, 4.69) is 15.5 Å². The number of amides is 1. The molecular formula is C16H26N4O2. The van der Waals surface area contributed by atoms with Crippen LogP contribution in [0.25, 0.3) is 0 Å². The minimum atomic E-state index is -0.0477. The highest BCUT2D eigenvalue weighted by Crippen LogP contribution is 2.32. The molecule has 122 valence electrons. The first kappa shape index (κ1) is 15.5. The van der Waals surface area contributed by atoms with Gasteiger partial charge in [-0.3, -0.25) is 4.79 Å². The van der Waals surface area contributed by atoms with Crippen LogP contribution >= 0.6 is 0 Å². The van der Waals surface area contributed by atoms with E-state index in [4.69, 9.17) is 4.42 Å². The predicted octanol–water partition coefficient (Wildman–Crippen LogP) is 2.59. The zero-order valence-electron chi connectivity index (χ0n) is 13.5. The van der Waals surface area contributed by atoms with Gasteiger partial charge < -0.3 is 14.6 Å². The van der Waals surface area contributed by atoms with Crippen LogP contribution in [0.3, 0.4) is 0 Å². The molecule has 2 saturated heterocycles. The lowest BCUT2D eigenvalue weighted by molar-refractivity contribution is -0.139. The molecule has 6 nitrogen and oxygen atoms in total. The normalized spacial score (nSPS) is 26.4. The Morgan fingerprint density at radius 1 is 1.18 bits per heavy atom. The third kappa shape index (κ3) is 3.16. The van der Waals surface area contributed by atoms with Crippen molar-refractivity contribution < 1.29 is 9.21 Å². The van der Waals surface area contributed by atoms with Crippen LogP contribution in [0.15, 0.2) is 4.42 Å². The van der Waals surface area contributed by atoms with Crippen LogP contribution in [-0.4, -0.2) is 34.1 Å². The summed E-state index contributed by atoms with van der Waals surface area (Å²) in [4.78, 5) is 14.3. The van der Waals surface area contributed by atoms with E-state index in [0.717, 1.165) is 38.8 Å². The summed E-state index contributed by atoms with van der Waals surface area (Å²) >= 11 is 0. The van der Waals surface area contributed by atoms with Crippen molar-refractivity contribution in [1.82, 2.24) is 20.4 Å². The van der Waals surface area contributed by atoms with E-state index in [9.17, 15) is 4.79 Å². The van der Waals surface area contributed by atoms with Gasteiger partial charge in [0.05, 0.1) is 6.04 Å². The zero-order valence-corrected chi connectivity index (χ0v) is 13.5. The molecule has 1 aromatic heterocycles. The number of aromatic nitrogens is 2. The van der Waals surface area contributed by atoms with E-state index in [1.165, 1.54) is 12.8 Å². The topological polar surface area (TPSA) is 71.3 Å². The Kier molecular flexibility index (Phi) is 4.76. The monoisotopic (exact) mass is 306 g/mol. The van der Waals surface area contributed by atoms with Gasteiger partial charge in [-0.1, -0.05) is 20.3 Å². The third-order valence-electron chi connectivity index (χ3n) is 4.63. The van der Waals surface area contributed by atoms with Gasteiger partial charge in [-0.2, -0.15) is 0 Å². The highest BCUT2D eigenvalue weighted by molar-refractivity contribution is 5.78. The Labute approximate surface area is 131 Å². The fraction of sp³-hybridized carbons (Fsp3) is 0.812. The van der Waals surface area contributed by atoms with Gasteiger partial charge in [0, 0.05) is 12.5 Å². The van der Waals surface area contributed by atoms with Crippen LogP contribution in [0.5, 0.6) is 0 Å². The van der Waals surface area contributed by atoms with Crippen molar-refractivity contribution in [3.05, 3.63) is 11.8 Å². The Balaban J connectivity index is 1.76. The van der Waals surface area contributed by atoms with Crippen molar-refractivity contribution >= 4 is 5.91 Å². The number of piperidine rings is 2. The maximum Gasteiger partial charge on any atom is 0.239 e. The summed E-state index contributed by atoms with van der Waals surface area (Å²) in [5.41, 5.74) is 0. The molecule has 3 rings (SSSR count). The summed E-state index contributed by atoms with van der Waals surface area (Å²) in [5.74, 6) is 1.47. The molecular weight excluding hydrogens is 280 g/mol. The van der Waals surface area contributed by atoms with Crippen LogP contribution in [0.2, 0.25) is 0 Å². The Morgan fingerprint density at radius 2 is 1.95 bits per heavy atom. The Morgan fingerprint density at radius 3 is 2.68 bits per heavy atom. The molecule has 0 spiro atoms. The molecule has 0 unspecified atom stereocenters. The van der Waals surface area contributed by atoms with Crippen LogP contribution in [-0.2, 0) is 4.79 Å². The number of nitrogens with zero attached hydrogens (tertiary/aromatic N) is 3. The minimum absolute atomic E-state index is 0.00278. The molecule has 2 aliphatic heterocycles. The second-order valence-corrected chi connectivity index (χ2v) is 6.68. The van der Waals surface area contributed by atoms with Crippen molar-refractivity contribution in [2.45, 2.75) is 64.5 Å². The quantitative estimate of drug-likeness (QED) is 0.929. The second-order valence-electron chi connectivity index (χ2n) is 6.68. The van der Waals surface area contributed by atoms with Gasteiger partial charge in [0.2, 0.25) is 17.7 Å². The van der Waals surface area contributed by atoms with Gasteiger partial charge in [-0.15, -0.1) is 10.2 Å². The molecule has 1 amide bonds. The highest BCUT2D eigenvalue weighted by Gasteiger charge is 2.33. The SMILES string of the molecule is CC(C)C(=O)N1CCCC[C@H]1c1nnc([C@H]2CCCCN2)o1. The number of rotatable bonds is 3. The fourth-order valence-corrected chi connectivity index (χ4v) is 3.37. The lowest BCUT2D eigenvalue weighted by Crippen LogP contribution is -2.40. The first-order valence-electron chi connectivity index (χ1n) is 8.54. The zero-order chi connectivity index (χ0) is 15.5. The van der Waals surface area contributed by atoms with Gasteiger partial charge in [0.25, 0.3) is 0 Å². The van der Waals surface area contributed by atoms with E-state index in [-0.39, 0.29) is 23.9 Å². The number of carbonyl (C=O) groups excluding carboxylic acids is 1. The standard InChI is InChI=1S/C16H26N4O2/c1-11(2)16(21)20-10-6-4-8-13(20)15-19-18-14(22-15)12-7-3-5-9-17-12/h11-13,17H,3-10H2,1-2H3/t12-,13+/m1/s1. The first-order valence-corrected chi connectivity index (χ1v) is 8.54. The van der Waals surface area contributed by atoms with Crippen molar-refractivity contribution in [3.63, 3.8) is 0 Å². The van der Waals surface area contributed by atoms with E-state index in [1.807, 2.05) is 18.7 Å². The molecule has 0 aromatic carbocycles. The van der Waals surface area contributed by atoms with Gasteiger partial charge in [0.15, 0.2) is 0 Å². The third-order valence-corrected chi connectivity index (χ3v) is 4.63. The summed E-state index contributed by atoms with van der Waals surface area (Å²) in [5, 5.41) is 11.9. The average molecular weight is 306 g/mol. The van der Waals surface area contributed by atoms with E-state index >= 15 is 0 Å². The second kappa shape index (κ2) is 6.77. The molecule has 2 fully saturated rings. The molecule has 2 aliphatic rings. The maximum atomic E-state index is 12.4. The van der Waals surface area contributed by atoms with E-state index < -0.39 is 0 Å². The summed E-state index contributed by atoms with van der Waals surface area (Å²) in [7, 11) is 0. The lowest BCUT2D eigenvalue weighted by Gasteiger charge is -2.34. The van der Waals surface area contributed by atoms with Crippen molar-refractivity contribution in [2.75, 3.05) is 13.1 Å². The molecule has 22 heavy (non-hydrogen) atoms. The summed E-state index contributed by atoms with van der Waals surface area (Å²) in [6.45, 7) is 5.68. The number of hydrogen-bond acceptors (Lipinski definition) is 5. The van der Waals surface area contributed by atoms with Crippen LogP contribution in [0.1, 0.15) is 76.2 Å². The van der Waals surface area contributed by atoms with Gasteiger partial charge in [0.1, 0.15) is 6.04 Å². The smallest absolute Gasteiger partial charge is 0.239 e. The van der Waals surface area contributed by atoms with Crippen molar-refractivity contribution in [2.24, 2.45) is 5.92 Å². The van der Waals surface area contributed by atoms with E-state index in [0.29, 0.717) is 11.8 Å². The number of carbonyl (C=O) groups is 1. The molecule has 0 radical (unpaired) electrons. The maximum absolute atomic E-state index is 12.4. The number of hydrogen-bond donors (Lipinski definition) is 1. The van der Waals surface area contributed by atoms with E-state index in [1.54, 1.807) is 0 Å². The van der Waals surface area contributed by atoms with Gasteiger partial charge in [-0.05, 0) is 38.6 Å². The highest BCUT2D eigenvalue weighted by atomic mass is 16.4. The minimum Gasteiger partial charge on any atom is -0.421 e. The van der Waals surface area contributed by atoms with Crippen LogP contribution in [0.4, 0.5) is 0 Å². The molecule has 1 N–H and O–H groups in total. The number of likely N-dealkylation sites (tertiary alicyclic amines) is 1. The molecule has 6 heteroatoms. The lowest BCUT2D eigenvalue weighted by atomic mass is 10.00. The Hall–Kier alpha value is -1.43. The molecule has 0 aliphatic carbocycles. The van der Waals surface area contributed by atoms with Gasteiger partial charge >= 0.3 is 0 Å². The Bertz CT molecular complexity index is 508. The molecule has 3 heterocycles. The molecule has 1 aromatic rings. The summed E-state index contributed by atoms with van der Waals surface area (Å²) in [6, 6.07) is 0.126. The number of nitrogens with one attached hydrogen (secondary N) is 1. The molecule has 2 atom stereocenters. The van der Waals surface area contributed by atoms with Crippen molar-refractivity contribution in [3.8, 4) is 0 Å². The van der Waals surface area contributed by atoms with Crippen LogP contribution < -0.4 is 5.32 Å². The predicted molar refractivity (Wildman–Crippen MR) is 82.0 cm³/mol. The average Bonchev–Trinajstić information content (AvgIpc) is 3.05. The van der Waals surface area contributed by atoms with Crippen LogP contribution in [0, 0.1) is 5.92 Å². The summed E-state index contributed by atoms with van der Waals surface area (Å²) in [6.07, 6.45) is 6.51. The van der Waals surface area contributed by atoms with Crippen molar-refractivity contribution in [1.29, 1.82) is 0 Å².